The fourth-order valence-electron chi connectivity index (χ4n) is 3.19. The first-order valence-corrected chi connectivity index (χ1v) is 9.66. The molecule has 1 aromatic rings. The molecule has 3 atom stereocenters. The molecule has 1 fully saturated rings. The first-order chi connectivity index (χ1) is 14.6. The van der Waals surface area contributed by atoms with Crippen molar-refractivity contribution >= 4 is 46.9 Å². The maximum Gasteiger partial charge on any atom is 0.411 e. The average Bonchev–Trinajstić information content (AvgIpc) is 3.05. The van der Waals surface area contributed by atoms with Crippen LogP contribution in [0.3, 0.4) is 0 Å². The normalized spacial score (nSPS) is 18.5. The Morgan fingerprint density at radius 1 is 1.32 bits per heavy atom. The molecule has 1 aromatic carbocycles. The van der Waals surface area contributed by atoms with E-state index in [0.717, 1.165) is 19.2 Å². The van der Waals surface area contributed by atoms with Gasteiger partial charge in [-0.05, 0) is 31.9 Å². The highest BCUT2D eigenvalue weighted by atomic mass is 35.5. The lowest BCUT2D eigenvalue weighted by atomic mass is 9.93. The Hall–Kier alpha value is -3.21. The number of carbonyl (C=O) groups excluding carboxylic acids is 5. The van der Waals surface area contributed by atoms with Crippen LogP contribution in [0.4, 0.5) is 14.9 Å². The smallest absolute Gasteiger partial charge is 0.411 e. The van der Waals surface area contributed by atoms with Crippen molar-refractivity contribution in [2.24, 2.45) is 5.92 Å². The molecule has 1 heterocycles. The van der Waals surface area contributed by atoms with Crippen LogP contribution in [-0.2, 0) is 19.1 Å². The summed E-state index contributed by atoms with van der Waals surface area (Å²) in [6.07, 6.45) is -0.660. The van der Waals surface area contributed by atoms with Crippen LogP contribution in [0.5, 0.6) is 0 Å². The van der Waals surface area contributed by atoms with Gasteiger partial charge in [-0.1, -0.05) is 11.6 Å². The number of ketones is 1. The van der Waals surface area contributed by atoms with Crippen molar-refractivity contribution < 1.29 is 33.1 Å². The Morgan fingerprint density at radius 2 is 2.00 bits per heavy atom. The molecule has 0 spiro atoms. The molecule has 1 aliphatic heterocycles. The second-order valence-corrected chi connectivity index (χ2v) is 7.38. The lowest BCUT2D eigenvalue weighted by Gasteiger charge is -2.20. The van der Waals surface area contributed by atoms with Crippen molar-refractivity contribution in [3.63, 3.8) is 0 Å². The molecule has 0 saturated carbocycles. The molecular formula is C19H22ClFN4O6. The van der Waals surface area contributed by atoms with Crippen LogP contribution in [0.2, 0.25) is 5.02 Å². The summed E-state index contributed by atoms with van der Waals surface area (Å²) in [5.41, 5.74) is -0.527. The summed E-state index contributed by atoms with van der Waals surface area (Å²) in [7, 11) is 2.34. The molecule has 2 rings (SSSR count). The van der Waals surface area contributed by atoms with E-state index in [4.69, 9.17) is 11.6 Å². The van der Waals surface area contributed by atoms with Crippen molar-refractivity contribution in [2.45, 2.75) is 31.8 Å². The van der Waals surface area contributed by atoms with Gasteiger partial charge in [-0.15, -0.1) is 0 Å². The van der Waals surface area contributed by atoms with E-state index >= 15 is 0 Å². The molecule has 168 valence electrons. The summed E-state index contributed by atoms with van der Waals surface area (Å²) in [4.78, 5) is 60.8. The van der Waals surface area contributed by atoms with Gasteiger partial charge in [0.1, 0.15) is 5.82 Å². The van der Waals surface area contributed by atoms with Gasteiger partial charge in [0.2, 0.25) is 11.7 Å². The number of benzene rings is 1. The van der Waals surface area contributed by atoms with Crippen LogP contribution >= 0.6 is 11.6 Å². The lowest BCUT2D eigenvalue weighted by Crippen LogP contribution is -2.48. The minimum absolute atomic E-state index is 0.120. The van der Waals surface area contributed by atoms with Crippen LogP contribution in [0, 0.1) is 11.7 Å². The van der Waals surface area contributed by atoms with Crippen molar-refractivity contribution in [1.29, 1.82) is 0 Å². The van der Waals surface area contributed by atoms with Crippen molar-refractivity contribution in [1.82, 2.24) is 16.0 Å². The number of amides is 4. The number of ether oxygens (including phenoxy) is 1. The molecule has 4 amide bonds. The summed E-state index contributed by atoms with van der Waals surface area (Å²) in [6, 6.07) is 0.294. The van der Waals surface area contributed by atoms with Crippen LogP contribution in [0.25, 0.3) is 0 Å². The Bertz CT molecular complexity index is 925. The lowest BCUT2D eigenvalue weighted by molar-refractivity contribution is -0.139. The van der Waals surface area contributed by atoms with E-state index in [9.17, 15) is 28.4 Å². The maximum absolute atomic E-state index is 14.0. The molecule has 4 N–H and O–H groups in total. The minimum Gasteiger partial charge on any atom is -0.453 e. The quantitative estimate of drug-likeness (QED) is 0.450. The Morgan fingerprint density at radius 3 is 2.55 bits per heavy atom. The van der Waals surface area contributed by atoms with E-state index < -0.39 is 41.5 Å². The van der Waals surface area contributed by atoms with Gasteiger partial charge in [0.25, 0.3) is 11.8 Å². The third-order valence-corrected chi connectivity index (χ3v) is 5.01. The average molecular weight is 457 g/mol. The highest BCUT2D eigenvalue weighted by molar-refractivity contribution is 6.38. The Labute approximate surface area is 182 Å². The van der Waals surface area contributed by atoms with Gasteiger partial charge in [0.05, 0.1) is 29.4 Å². The monoisotopic (exact) mass is 456 g/mol. The number of carbonyl (C=O) groups is 5. The molecule has 31 heavy (non-hydrogen) atoms. The number of Topliss-reactive ketones (excluding diaryl/α,β-unsaturated/α-hetero) is 1. The number of likely N-dealkylation sites (N-methyl/N-ethyl adjacent to an activating group) is 1. The minimum atomic E-state index is -1.36. The molecule has 1 unspecified atom stereocenters. The third kappa shape index (κ3) is 5.91. The summed E-state index contributed by atoms with van der Waals surface area (Å²) < 4.78 is 18.5. The summed E-state index contributed by atoms with van der Waals surface area (Å²) in [5, 5.41) is 9.10. The number of anilines is 1. The van der Waals surface area contributed by atoms with Crippen LogP contribution in [-0.4, -0.2) is 55.8 Å². The molecule has 1 aliphatic rings. The number of rotatable bonds is 7. The van der Waals surface area contributed by atoms with E-state index in [-0.39, 0.29) is 34.6 Å². The number of halogens is 2. The molecule has 12 heteroatoms. The summed E-state index contributed by atoms with van der Waals surface area (Å²) in [6.45, 7) is 1.79. The first kappa shape index (κ1) is 24.1. The highest BCUT2D eigenvalue weighted by Crippen LogP contribution is 2.26. The first-order valence-electron chi connectivity index (χ1n) is 9.28. The Kier molecular flexibility index (Phi) is 7.92. The van der Waals surface area contributed by atoms with Gasteiger partial charge in [0.15, 0.2) is 0 Å². The molecule has 1 saturated heterocycles. The van der Waals surface area contributed by atoms with Crippen LogP contribution in [0.1, 0.15) is 30.1 Å². The highest BCUT2D eigenvalue weighted by Gasteiger charge is 2.36. The van der Waals surface area contributed by atoms with Crippen molar-refractivity contribution in [3.05, 3.63) is 28.5 Å². The van der Waals surface area contributed by atoms with Gasteiger partial charge >= 0.3 is 6.09 Å². The predicted octanol–water partition coefficient (Wildman–Crippen LogP) is 0.986. The number of hydrogen-bond donors (Lipinski definition) is 4. The Balaban J connectivity index is 2.33. The predicted molar refractivity (Wildman–Crippen MR) is 108 cm³/mol. The standard InChI is InChI=1S/C19H22ClFN4O6/c1-8-4-9(16(27)23-8)5-14(15(26)18(29)22-2)24-17(28)10-6-12(21)11(20)7-13(10)25-19(30)31-3/h6-9,14H,4-5H2,1-3H3,(H,22,29)(H,23,27)(H,24,28)(H,25,30)/t8-,9+,14?/m1/s1. The number of hydrogen-bond acceptors (Lipinski definition) is 6. The van der Waals surface area contributed by atoms with E-state index in [0.29, 0.717) is 6.42 Å². The molecule has 0 bridgehead atoms. The number of nitrogens with one attached hydrogen (secondary N) is 4. The van der Waals surface area contributed by atoms with Gasteiger partial charge in [-0.2, -0.15) is 0 Å². The molecule has 0 aromatic heterocycles. The van der Waals surface area contributed by atoms with Gasteiger partial charge in [-0.3, -0.25) is 24.5 Å². The molecule has 10 nitrogen and oxygen atoms in total. The third-order valence-electron chi connectivity index (χ3n) is 4.72. The van der Waals surface area contributed by atoms with E-state index in [1.165, 1.54) is 7.05 Å². The fraction of sp³-hybridized carbons (Fsp3) is 0.421. The van der Waals surface area contributed by atoms with Crippen LogP contribution < -0.4 is 21.3 Å². The van der Waals surface area contributed by atoms with E-state index in [1.807, 2.05) is 0 Å². The largest absolute Gasteiger partial charge is 0.453 e. The van der Waals surface area contributed by atoms with Crippen LogP contribution in [0.15, 0.2) is 12.1 Å². The summed E-state index contributed by atoms with van der Waals surface area (Å²) in [5.74, 6) is -4.76. The zero-order valence-electron chi connectivity index (χ0n) is 17.0. The fourth-order valence-corrected chi connectivity index (χ4v) is 3.35. The van der Waals surface area contributed by atoms with Gasteiger partial charge < -0.3 is 20.7 Å². The SMILES string of the molecule is CNC(=O)C(=O)C(C[C@@H]1C[C@@H](C)NC1=O)NC(=O)c1cc(F)c(Cl)cc1NC(=O)OC. The van der Waals surface area contributed by atoms with Crippen molar-refractivity contribution in [2.75, 3.05) is 19.5 Å². The zero-order valence-corrected chi connectivity index (χ0v) is 17.8. The molecular weight excluding hydrogens is 435 g/mol. The van der Waals surface area contributed by atoms with Crippen molar-refractivity contribution in [3.8, 4) is 0 Å². The van der Waals surface area contributed by atoms with E-state index in [2.05, 4.69) is 26.0 Å². The summed E-state index contributed by atoms with van der Waals surface area (Å²) >= 11 is 5.73. The second kappa shape index (κ2) is 10.2. The van der Waals surface area contributed by atoms with E-state index in [1.54, 1.807) is 6.92 Å². The molecule has 0 aliphatic carbocycles. The second-order valence-electron chi connectivity index (χ2n) is 6.98. The molecule has 0 radical (unpaired) electrons. The topological polar surface area (TPSA) is 143 Å². The zero-order chi connectivity index (χ0) is 23.3. The number of methoxy groups -OCH3 is 1. The maximum atomic E-state index is 14.0. The van der Waals surface area contributed by atoms with Gasteiger partial charge in [-0.25, -0.2) is 9.18 Å². The van der Waals surface area contributed by atoms with Gasteiger partial charge in [0, 0.05) is 19.0 Å².